The van der Waals surface area contributed by atoms with E-state index in [1.165, 1.54) is 76.2 Å². The van der Waals surface area contributed by atoms with Gasteiger partial charge in [0.15, 0.2) is 12.4 Å². The smallest absolute Gasteiger partial charge is 0.254 e. The Balaban J connectivity index is 0.00000675. The number of hydrogen-bond donors (Lipinski definition) is 0. The van der Waals surface area contributed by atoms with Crippen LogP contribution in [0.2, 0.25) is 0 Å². The van der Waals surface area contributed by atoms with Gasteiger partial charge in [0, 0.05) is 29.3 Å². The van der Waals surface area contributed by atoms with Crippen LogP contribution >= 0.6 is 0 Å². The van der Waals surface area contributed by atoms with E-state index < -0.39 is 0 Å². The predicted molar refractivity (Wildman–Crippen MR) is 179 cm³/mol. The van der Waals surface area contributed by atoms with Gasteiger partial charge in [-0.3, -0.25) is 4.79 Å². The third kappa shape index (κ3) is 13.3. The minimum Gasteiger partial charge on any atom is -1.00 e. The van der Waals surface area contributed by atoms with Crippen molar-refractivity contribution in [2.45, 2.75) is 123 Å². The quantitative estimate of drug-likeness (QED) is 0.0785. The second kappa shape index (κ2) is 20.6. The van der Waals surface area contributed by atoms with Crippen LogP contribution in [0.15, 0.2) is 73.1 Å². The molecule has 0 atom stereocenters. The first kappa shape index (κ1) is 37.8. The minimum atomic E-state index is -0.0661. The summed E-state index contributed by atoms with van der Waals surface area (Å²) in [6.45, 7) is 10.7. The van der Waals surface area contributed by atoms with E-state index in [1.54, 1.807) is 0 Å². The van der Waals surface area contributed by atoms with Gasteiger partial charge in [-0.15, -0.1) is 0 Å². The second-order valence-corrected chi connectivity index (χ2v) is 13.2. The molecule has 0 spiro atoms. The van der Waals surface area contributed by atoms with Crippen molar-refractivity contribution in [3.05, 3.63) is 95.3 Å². The van der Waals surface area contributed by atoms with E-state index in [9.17, 15) is 4.79 Å². The number of aryl methyl sites for hydroxylation is 1. The number of para-hydroxylation sites is 1. The van der Waals surface area contributed by atoms with Crippen molar-refractivity contribution in [2.24, 2.45) is 7.05 Å². The molecule has 0 fully saturated rings. The van der Waals surface area contributed by atoms with Gasteiger partial charge >= 0.3 is 0 Å². The van der Waals surface area contributed by atoms with Crippen LogP contribution in [0.25, 0.3) is 0 Å². The van der Waals surface area contributed by atoms with Gasteiger partial charge < -0.3 is 33.6 Å². The summed E-state index contributed by atoms with van der Waals surface area (Å²) in [6.07, 6.45) is 20.0. The number of unbranched alkanes of at least 4 members (excludes halogenated alkanes) is 11. The summed E-state index contributed by atoms with van der Waals surface area (Å²) in [7, 11) is 2.02. The highest BCUT2D eigenvalue weighted by Crippen LogP contribution is 2.35. The van der Waals surface area contributed by atoms with E-state index in [2.05, 4.69) is 58.2 Å². The highest BCUT2D eigenvalue weighted by atomic mass is 127. The molecule has 5 heteroatoms. The van der Waals surface area contributed by atoms with Gasteiger partial charge in [0.2, 0.25) is 0 Å². The fourth-order valence-electron chi connectivity index (χ4n) is 5.72. The number of benzene rings is 2. The summed E-state index contributed by atoms with van der Waals surface area (Å²) < 4.78 is 8.63. The Morgan fingerprint density at radius 3 is 1.95 bits per heavy atom. The zero-order chi connectivity index (χ0) is 30.9. The molecule has 2 aromatic carbocycles. The van der Waals surface area contributed by atoms with E-state index in [1.807, 2.05) is 59.1 Å². The Morgan fingerprint density at radius 2 is 1.36 bits per heavy atom. The van der Waals surface area contributed by atoms with Gasteiger partial charge in [-0.1, -0.05) is 135 Å². The second-order valence-electron chi connectivity index (χ2n) is 13.2. The summed E-state index contributed by atoms with van der Waals surface area (Å²) in [6, 6.07) is 20.1. The molecule has 0 saturated heterocycles. The van der Waals surface area contributed by atoms with Crippen LogP contribution in [-0.4, -0.2) is 17.4 Å². The molecule has 1 amide bonds. The first-order valence-electron chi connectivity index (χ1n) is 16.8. The molecule has 242 valence electrons. The molecule has 0 aliphatic heterocycles. The summed E-state index contributed by atoms with van der Waals surface area (Å²) in [5.74, 6) is 0.975. The molecule has 3 rings (SSSR count). The molecule has 0 radical (unpaired) electrons. The zero-order valence-corrected chi connectivity index (χ0v) is 30.3. The number of halogens is 1. The van der Waals surface area contributed by atoms with Crippen LogP contribution in [0.1, 0.15) is 132 Å². The van der Waals surface area contributed by atoms with Crippen LogP contribution < -0.4 is 33.3 Å². The summed E-state index contributed by atoms with van der Waals surface area (Å²) in [5.41, 5.74) is 4.00. The van der Waals surface area contributed by atoms with Crippen LogP contribution in [0.5, 0.6) is 5.75 Å². The molecule has 0 unspecified atom stereocenters. The molecule has 44 heavy (non-hydrogen) atoms. The maximum Gasteiger partial charge on any atom is 0.254 e. The third-order valence-corrected chi connectivity index (χ3v) is 8.19. The first-order valence-corrected chi connectivity index (χ1v) is 16.8. The van der Waals surface area contributed by atoms with E-state index in [4.69, 9.17) is 4.74 Å². The van der Waals surface area contributed by atoms with E-state index in [-0.39, 0.29) is 35.3 Å². The van der Waals surface area contributed by atoms with Crippen molar-refractivity contribution in [1.82, 2.24) is 4.90 Å². The normalized spacial score (nSPS) is 11.2. The Bertz CT molecular complexity index is 1220. The molecule has 1 heterocycles. The number of carbonyl (C=O) groups is 1. The fraction of sp³-hybridized carbons (Fsp3) is 0.538. The Hall–Kier alpha value is -2.41. The standard InChI is InChI=1S/C39H57N2O2.HI/c1-6-7-8-9-10-11-12-13-14-15-16-20-29-43-37-35(26-21-27-36(37)39(2,3)4)32-41(31-33-23-22-28-40(5)30-33)38(42)34-24-18-17-19-25-34;/h17-19,21-28,30H,6-16,20,29,31-32H2,1-5H3;1H/q+1;/p-1. The van der Waals surface area contributed by atoms with Crippen molar-refractivity contribution in [3.63, 3.8) is 0 Å². The molecular weight excluding hydrogens is 655 g/mol. The number of pyridine rings is 1. The van der Waals surface area contributed by atoms with Gasteiger partial charge in [0.05, 0.1) is 13.2 Å². The van der Waals surface area contributed by atoms with Crippen molar-refractivity contribution < 1.29 is 38.1 Å². The third-order valence-electron chi connectivity index (χ3n) is 8.19. The zero-order valence-electron chi connectivity index (χ0n) is 28.1. The Labute approximate surface area is 285 Å². The van der Waals surface area contributed by atoms with Crippen LogP contribution in [-0.2, 0) is 25.6 Å². The van der Waals surface area contributed by atoms with Crippen molar-refractivity contribution in [2.75, 3.05) is 6.61 Å². The van der Waals surface area contributed by atoms with Gasteiger partial charge in [-0.25, -0.2) is 4.57 Å². The van der Waals surface area contributed by atoms with E-state index in [0.29, 0.717) is 25.3 Å². The highest BCUT2D eigenvalue weighted by Gasteiger charge is 2.24. The van der Waals surface area contributed by atoms with E-state index in [0.717, 1.165) is 23.3 Å². The lowest BCUT2D eigenvalue weighted by Gasteiger charge is -2.28. The number of aromatic nitrogens is 1. The molecule has 0 N–H and O–H groups in total. The lowest BCUT2D eigenvalue weighted by molar-refractivity contribution is -0.672. The first-order chi connectivity index (χ1) is 20.8. The number of carbonyl (C=O) groups excluding carboxylic acids is 1. The average Bonchev–Trinajstić information content (AvgIpc) is 2.99. The molecule has 0 saturated carbocycles. The lowest BCUT2D eigenvalue weighted by atomic mass is 9.85. The monoisotopic (exact) mass is 712 g/mol. The van der Waals surface area contributed by atoms with Crippen LogP contribution in [0.3, 0.4) is 0 Å². The van der Waals surface area contributed by atoms with Gasteiger partial charge in [0.25, 0.3) is 5.91 Å². The van der Waals surface area contributed by atoms with Crippen molar-refractivity contribution in [3.8, 4) is 5.75 Å². The molecular formula is C39H57IN2O2. The largest absolute Gasteiger partial charge is 1.00 e. The summed E-state index contributed by atoms with van der Waals surface area (Å²) in [4.78, 5) is 15.7. The highest BCUT2D eigenvalue weighted by molar-refractivity contribution is 5.94. The predicted octanol–water partition coefficient (Wildman–Crippen LogP) is 6.74. The number of amides is 1. The summed E-state index contributed by atoms with van der Waals surface area (Å²) in [5, 5.41) is 0. The van der Waals surface area contributed by atoms with E-state index >= 15 is 0 Å². The molecule has 0 aliphatic carbocycles. The maximum absolute atomic E-state index is 13.8. The Morgan fingerprint density at radius 1 is 0.750 bits per heavy atom. The number of hydrogen-bond acceptors (Lipinski definition) is 2. The number of rotatable bonds is 19. The van der Waals surface area contributed by atoms with Gasteiger partial charge in [-0.2, -0.15) is 0 Å². The maximum atomic E-state index is 13.8. The van der Waals surface area contributed by atoms with Gasteiger partial charge in [0.1, 0.15) is 12.8 Å². The fourth-order valence-corrected chi connectivity index (χ4v) is 5.72. The molecule has 0 bridgehead atoms. The van der Waals surface area contributed by atoms with Gasteiger partial charge in [-0.05, 0) is 35.6 Å². The lowest BCUT2D eigenvalue weighted by Crippen LogP contribution is -3.00. The number of ether oxygens (including phenoxy) is 1. The molecule has 1 aromatic heterocycles. The molecule has 0 aliphatic rings. The van der Waals surface area contributed by atoms with Crippen molar-refractivity contribution >= 4 is 5.91 Å². The van der Waals surface area contributed by atoms with Crippen LogP contribution in [0.4, 0.5) is 0 Å². The molecule has 3 aromatic rings. The minimum absolute atomic E-state index is 0. The SMILES string of the molecule is CCCCCCCCCCCCCCOc1c(CN(Cc2ccc[n+](C)c2)C(=O)c2ccccc2)cccc1C(C)(C)C.[I-]. The van der Waals surface area contributed by atoms with Crippen LogP contribution in [0, 0.1) is 0 Å². The average molecular weight is 713 g/mol. The summed E-state index contributed by atoms with van der Waals surface area (Å²) >= 11 is 0. The topological polar surface area (TPSA) is 33.4 Å². The molecule has 4 nitrogen and oxygen atoms in total. The number of nitrogens with zero attached hydrogens (tertiary/aromatic N) is 2. The van der Waals surface area contributed by atoms with Crippen molar-refractivity contribution in [1.29, 1.82) is 0 Å². The Kier molecular flexibility index (Phi) is 17.7.